The average Bonchev–Trinajstić information content (AvgIpc) is 2.94. The fraction of sp³-hybridized carbons (Fsp3) is 0.929. The van der Waals surface area contributed by atoms with Crippen LogP contribution in [0.1, 0.15) is 40.5 Å². The summed E-state index contributed by atoms with van der Waals surface area (Å²) in [6.07, 6.45) is 2.59. The predicted octanol–water partition coefficient (Wildman–Crippen LogP) is 3.11. The SMILES string of the molecule is CCOC(=O)C1C2C1[C@H](C)CC[C@H]2C(C)C. The molecule has 0 N–H and O–H groups in total. The quantitative estimate of drug-likeness (QED) is 0.688. The molecule has 0 heterocycles. The number of hydrogen-bond acceptors (Lipinski definition) is 2. The second kappa shape index (κ2) is 4.38. The van der Waals surface area contributed by atoms with Crippen LogP contribution in [0.4, 0.5) is 0 Å². The largest absolute Gasteiger partial charge is 0.466 e. The van der Waals surface area contributed by atoms with Gasteiger partial charge in [0.1, 0.15) is 0 Å². The topological polar surface area (TPSA) is 26.3 Å². The van der Waals surface area contributed by atoms with Crippen molar-refractivity contribution in [3.05, 3.63) is 0 Å². The maximum atomic E-state index is 11.9. The Morgan fingerprint density at radius 1 is 1.31 bits per heavy atom. The molecule has 2 saturated carbocycles. The lowest BCUT2D eigenvalue weighted by molar-refractivity contribution is -0.145. The molecule has 0 amide bonds. The number of carbonyl (C=O) groups is 1. The molecule has 2 nitrogen and oxygen atoms in total. The third kappa shape index (κ3) is 1.87. The molecule has 0 aromatic heterocycles. The van der Waals surface area contributed by atoms with Crippen molar-refractivity contribution in [1.29, 1.82) is 0 Å². The first-order chi connectivity index (χ1) is 7.57. The number of fused-ring (bicyclic) bond motifs is 1. The zero-order valence-electron chi connectivity index (χ0n) is 10.9. The van der Waals surface area contributed by atoms with Gasteiger partial charge in [-0.25, -0.2) is 0 Å². The van der Waals surface area contributed by atoms with Crippen molar-refractivity contribution in [2.24, 2.45) is 35.5 Å². The van der Waals surface area contributed by atoms with Crippen LogP contribution in [0.5, 0.6) is 0 Å². The zero-order chi connectivity index (χ0) is 11.9. The van der Waals surface area contributed by atoms with E-state index in [0.717, 1.165) is 11.8 Å². The van der Waals surface area contributed by atoms with Crippen molar-refractivity contribution in [2.45, 2.75) is 40.5 Å². The number of esters is 1. The van der Waals surface area contributed by atoms with Crippen LogP contribution in [0.3, 0.4) is 0 Å². The molecule has 2 fully saturated rings. The molecular formula is C14H24O2. The van der Waals surface area contributed by atoms with E-state index in [0.29, 0.717) is 24.4 Å². The first kappa shape index (κ1) is 11.9. The van der Waals surface area contributed by atoms with E-state index >= 15 is 0 Å². The van der Waals surface area contributed by atoms with E-state index in [4.69, 9.17) is 4.74 Å². The molecule has 0 aliphatic heterocycles. The minimum atomic E-state index is 0.0666. The third-order valence-electron chi connectivity index (χ3n) is 4.65. The summed E-state index contributed by atoms with van der Waals surface area (Å²) < 4.78 is 5.20. The second-order valence-electron chi connectivity index (χ2n) is 5.90. The summed E-state index contributed by atoms with van der Waals surface area (Å²) in [6, 6.07) is 0. The molecule has 0 radical (unpaired) electrons. The fourth-order valence-corrected chi connectivity index (χ4v) is 3.81. The lowest BCUT2D eigenvalue weighted by Crippen LogP contribution is -2.20. The summed E-state index contributed by atoms with van der Waals surface area (Å²) in [5.41, 5.74) is 0. The van der Waals surface area contributed by atoms with Gasteiger partial charge in [-0.05, 0) is 42.9 Å². The molecule has 16 heavy (non-hydrogen) atoms. The summed E-state index contributed by atoms with van der Waals surface area (Å²) in [7, 11) is 0. The Labute approximate surface area is 98.7 Å². The highest BCUT2D eigenvalue weighted by atomic mass is 16.5. The number of hydrogen-bond donors (Lipinski definition) is 0. The van der Waals surface area contributed by atoms with Crippen molar-refractivity contribution >= 4 is 5.97 Å². The van der Waals surface area contributed by atoms with Crippen LogP contribution in [-0.4, -0.2) is 12.6 Å². The molecule has 0 aromatic carbocycles. The van der Waals surface area contributed by atoms with Crippen molar-refractivity contribution < 1.29 is 9.53 Å². The van der Waals surface area contributed by atoms with E-state index < -0.39 is 0 Å². The zero-order valence-corrected chi connectivity index (χ0v) is 10.9. The smallest absolute Gasteiger partial charge is 0.309 e. The van der Waals surface area contributed by atoms with E-state index in [9.17, 15) is 4.79 Å². The maximum Gasteiger partial charge on any atom is 0.309 e. The van der Waals surface area contributed by atoms with Gasteiger partial charge in [0, 0.05) is 0 Å². The van der Waals surface area contributed by atoms with Gasteiger partial charge in [-0.2, -0.15) is 0 Å². The van der Waals surface area contributed by atoms with Crippen LogP contribution in [-0.2, 0) is 9.53 Å². The van der Waals surface area contributed by atoms with Gasteiger partial charge in [0.15, 0.2) is 0 Å². The molecule has 0 aromatic rings. The van der Waals surface area contributed by atoms with Crippen LogP contribution in [0, 0.1) is 35.5 Å². The van der Waals surface area contributed by atoms with E-state index in [1.165, 1.54) is 12.8 Å². The summed E-state index contributed by atoms with van der Waals surface area (Å²) in [4.78, 5) is 11.9. The first-order valence-corrected chi connectivity index (χ1v) is 6.74. The lowest BCUT2D eigenvalue weighted by atomic mass is 9.77. The number of rotatable bonds is 3. The van der Waals surface area contributed by atoms with Gasteiger partial charge in [0.05, 0.1) is 12.5 Å². The third-order valence-corrected chi connectivity index (χ3v) is 4.65. The highest BCUT2D eigenvalue weighted by Gasteiger charge is 2.62. The Morgan fingerprint density at radius 3 is 2.56 bits per heavy atom. The molecule has 2 heteroatoms. The lowest BCUT2D eigenvalue weighted by Gasteiger charge is -2.28. The van der Waals surface area contributed by atoms with Crippen molar-refractivity contribution in [3.8, 4) is 0 Å². The first-order valence-electron chi connectivity index (χ1n) is 6.74. The van der Waals surface area contributed by atoms with Crippen LogP contribution in [0.25, 0.3) is 0 Å². The molecule has 2 aliphatic carbocycles. The van der Waals surface area contributed by atoms with Crippen molar-refractivity contribution in [2.75, 3.05) is 6.61 Å². The highest BCUT2D eigenvalue weighted by Crippen LogP contribution is 2.62. The summed E-state index contributed by atoms with van der Waals surface area (Å²) in [5.74, 6) is 3.72. The summed E-state index contributed by atoms with van der Waals surface area (Å²) in [5, 5.41) is 0. The standard InChI is InChI=1S/C14H24O2/c1-5-16-14(15)13-11-9(4)6-7-10(8(2)3)12(11)13/h8-13H,5-7H2,1-4H3/t9-,10+,11?,12?,13?/m1/s1. The normalized spacial score (nSPS) is 41.7. The van der Waals surface area contributed by atoms with E-state index in [-0.39, 0.29) is 11.9 Å². The van der Waals surface area contributed by atoms with Gasteiger partial charge in [-0.15, -0.1) is 0 Å². The Bertz CT molecular complexity index is 272. The summed E-state index contributed by atoms with van der Waals surface area (Å²) >= 11 is 0. The highest BCUT2D eigenvalue weighted by molar-refractivity contribution is 5.76. The minimum Gasteiger partial charge on any atom is -0.466 e. The van der Waals surface area contributed by atoms with Crippen LogP contribution >= 0.6 is 0 Å². The van der Waals surface area contributed by atoms with E-state index in [1.54, 1.807) is 0 Å². The number of carbonyl (C=O) groups excluding carboxylic acids is 1. The van der Waals surface area contributed by atoms with Crippen molar-refractivity contribution in [1.82, 2.24) is 0 Å². The second-order valence-corrected chi connectivity index (χ2v) is 5.90. The molecule has 0 bridgehead atoms. The van der Waals surface area contributed by atoms with E-state index in [2.05, 4.69) is 20.8 Å². The van der Waals surface area contributed by atoms with Crippen LogP contribution in [0.15, 0.2) is 0 Å². The molecule has 2 rings (SSSR count). The van der Waals surface area contributed by atoms with Gasteiger partial charge in [-0.3, -0.25) is 4.79 Å². The number of ether oxygens (including phenoxy) is 1. The Kier molecular flexibility index (Phi) is 3.27. The van der Waals surface area contributed by atoms with Gasteiger partial charge in [0.2, 0.25) is 0 Å². The van der Waals surface area contributed by atoms with E-state index in [1.807, 2.05) is 6.92 Å². The average molecular weight is 224 g/mol. The fourth-order valence-electron chi connectivity index (χ4n) is 3.81. The molecule has 5 atom stereocenters. The molecular weight excluding hydrogens is 200 g/mol. The van der Waals surface area contributed by atoms with Gasteiger partial charge < -0.3 is 4.74 Å². The van der Waals surface area contributed by atoms with Crippen LogP contribution in [0.2, 0.25) is 0 Å². The summed E-state index contributed by atoms with van der Waals surface area (Å²) in [6.45, 7) is 9.30. The van der Waals surface area contributed by atoms with Gasteiger partial charge in [-0.1, -0.05) is 27.2 Å². The minimum absolute atomic E-state index is 0.0666. The molecule has 3 unspecified atom stereocenters. The monoisotopic (exact) mass is 224 g/mol. The molecule has 92 valence electrons. The molecule has 2 aliphatic rings. The van der Waals surface area contributed by atoms with Gasteiger partial charge in [0.25, 0.3) is 0 Å². The van der Waals surface area contributed by atoms with Gasteiger partial charge >= 0.3 is 5.97 Å². The Morgan fingerprint density at radius 2 is 2.00 bits per heavy atom. The molecule has 0 spiro atoms. The maximum absolute atomic E-state index is 11.9. The predicted molar refractivity (Wildman–Crippen MR) is 63.8 cm³/mol. The van der Waals surface area contributed by atoms with Crippen LogP contribution < -0.4 is 0 Å². The Balaban J connectivity index is 2.05. The van der Waals surface area contributed by atoms with Crippen molar-refractivity contribution in [3.63, 3.8) is 0 Å². The molecule has 0 saturated heterocycles. The Hall–Kier alpha value is -0.530.